The van der Waals surface area contributed by atoms with Crippen LogP contribution < -0.4 is 4.74 Å². The van der Waals surface area contributed by atoms with E-state index in [0.29, 0.717) is 35.3 Å². The number of aromatic nitrogens is 1. The van der Waals surface area contributed by atoms with Crippen molar-refractivity contribution in [2.45, 2.75) is 31.5 Å². The van der Waals surface area contributed by atoms with Gasteiger partial charge in [0.15, 0.2) is 22.8 Å². The Morgan fingerprint density at radius 1 is 1.11 bits per heavy atom. The first-order valence-corrected chi connectivity index (χ1v) is 12.3. The van der Waals surface area contributed by atoms with Crippen molar-refractivity contribution in [3.05, 3.63) is 83.4 Å². The smallest absolute Gasteiger partial charge is 0.339 e. The summed E-state index contributed by atoms with van der Waals surface area (Å²) in [6.07, 6.45) is 1.99. The minimum atomic E-state index is -1.37. The van der Waals surface area contributed by atoms with Gasteiger partial charge in [0.2, 0.25) is 0 Å². The summed E-state index contributed by atoms with van der Waals surface area (Å²) in [5.41, 5.74) is 0.550. The molecule has 0 N–H and O–H groups in total. The predicted molar refractivity (Wildman–Crippen MR) is 137 cm³/mol. The number of ether oxygens (including phenoxy) is 2. The number of hydrogen-bond acceptors (Lipinski definition) is 6. The van der Waals surface area contributed by atoms with Gasteiger partial charge in [0.1, 0.15) is 5.69 Å². The Bertz CT molecular complexity index is 1440. The SMILES string of the molecule is CN(C)C(=O)c1ccc(-c2ccc(OC(C)(C)C(=O)N3CC[C@@]4(C3)OC(=O)c3ccccc34)c(F)c2)cn1. The third-order valence-electron chi connectivity index (χ3n) is 6.98. The van der Waals surface area contributed by atoms with Gasteiger partial charge in [-0.05, 0) is 43.7 Å². The molecule has 8 nitrogen and oxygen atoms in total. The molecule has 196 valence electrons. The van der Waals surface area contributed by atoms with Gasteiger partial charge < -0.3 is 19.3 Å². The second kappa shape index (κ2) is 9.24. The molecule has 0 radical (unpaired) electrons. The highest BCUT2D eigenvalue weighted by atomic mass is 19.1. The highest BCUT2D eigenvalue weighted by Crippen LogP contribution is 2.44. The molecular weight excluding hydrogens is 489 g/mol. The summed E-state index contributed by atoms with van der Waals surface area (Å²) >= 11 is 0. The topological polar surface area (TPSA) is 89.0 Å². The number of hydrogen-bond donors (Lipinski definition) is 0. The van der Waals surface area contributed by atoms with Gasteiger partial charge in [-0.2, -0.15) is 0 Å². The molecule has 3 aromatic rings. The van der Waals surface area contributed by atoms with Crippen LogP contribution in [0.5, 0.6) is 5.75 Å². The summed E-state index contributed by atoms with van der Waals surface area (Å²) in [5.74, 6) is -1.64. The Hall–Kier alpha value is -4.27. The highest BCUT2D eigenvalue weighted by Gasteiger charge is 2.52. The Kier molecular flexibility index (Phi) is 6.17. The Labute approximate surface area is 220 Å². The number of fused-ring (bicyclic) bond motifs is 2. The zero-order valence-corrected chi connectivity index (χ0v) is 21.7. The number of halogens is 1. The number of amides is 2. The number of likely N-dealkylation sites (tertiary alicyclic amines) is 1. The molecule has 0 saturated carbocycles. The van der Waals surface area contributed by atoms with Gasteiger partial charge in [-0.15, -0.1) is 0 Å². The molecule has 1 aromatic heterocycles. The van der Waals surface area contributed by atoms with E-state index in [1.54, 1.807) is 63.2 Å². The third kappa shape index (κ3) is 4.38. The minimum absolute atomic E-state index is 0.0639. The van der Waals surface area contributed by atoms with Gasteiger partial charge in [0, 0.05) is 44.4 Å². The molecule has 1 saturated heterocycles. The van der Waals surface area contributed by atoms with Gasteiger partial charge >= 0.3 is 5.97 Å². The summed E-state index contributed by atoms with van der Waals surface area (Å²) in [6.45, 7) is 3.77. The molecule has 9 heteroatoms. The number of benzene rings is 2. The van der Waals surface area contributed by atoms with E-state index in [2.05, 4.69) is 4.98 Å². The quantitative estimate of drug-likeness (QED) is 0.475. The van der Waals surface area contributed by atoms with E-state index in [4.69, 9.17) is 9.47 Å². The molecule has 5 rings (SSSR count). The Balaban J connectivity index is 1.29. The van der Waals surface area contributed by atoms with E-state index < -0.39 is 17.0 Å². The van der Waals surface area contributed by atoms with Crippen molar-refractivity contribution in [3.63, 3.8) is 0 Å². The lowest BCUT2D eigenvalue weighted by atomic mass is 9.91. The number of rotatable bonds is 5. The summed E-state index contributed by atoms with van der Waals surface area (Å²) in [7, 11) is 3.28. The maximum Gasteiger partial charge on any atom is 0.339 e. The molecule has 0 bridgehead atoms. The van der Waals surface area contributed by atoms with Gasteiger partial charge in [-0.25, -0.2) is 9.18 Å². The number of carbonyl (C=O) groups is 3. The van der Waals surface area contributed by atoms with E-state index in [-0.39, 0.29) is 30.1 Å². The van der Waals surface area contributed by atoms with E-state index in [1.807, 2.05) is 12.1 Å². The van der Waals surface area contributed by atoms with Gasteiger partial charge in [-0.1, -0.05) is 30.3 Å². The standard InChI is InChI=1S/C29H28FN3O5/c1-28(2,27(36)33-14-13-29(17-33)21-8-6-5-7-20(21)26(35)38-29)37-24-12-10-18(15-22(24)30)19-9-11-23(31-16-19)25(34)32(3)4/h5-12,15-16H,13-14,17H2,1-4H3/t29-/m0/s1. The molecule has 2 aromatic carbocycles. The third-order valence-corrected chi connectivity index (χ3v) is 6.98. The lowest BCUT2D eigenvalue weighted by Gasteiger charge is -2.31. The van der Waals surface area contributed by atoms with Gasteiger partial charge in [0.05, 0.1) is 12.1 Å². The minimum Gasteiger partial charge on any atom is -0.475 e. The number of carbonyl (C=O) groups excluding carboxylic acids is 3. The van der Waals surface area contributed by atoms with Crippen LogP contribution in [0.4, 0.5) is 4.39 Å². The van der Waals surface area contributed by atoms with Crippen LogP contribution in [0.1, 0.15) is 46.7 Å². The Morgan fingerprint density at radius 3 is 2.53 bits per heavy atom. The van der Waals surface area contributed by atoms with Gasteiger partial charge in [-0.3, -0.25) is 14.6 Å². The molecule has 2 aliphatic rings. The molecule has 2 aliphatic heterocycles. The summed E-state index contributed by atoms with van der Waals surface area (Å²) in [4.78, 5) is 45.1. The number of nitrogens with zero attached hydrogens (tertiary/aromatic N) is 3. The van der Waals surface area contributed by atoms with Gasteiger partial charge in [0.25, 0.3) is 11.8 Å². The van der Waals surface area contributed by atoms with E-state index in [1.165, 1.54) is 23.2 Å². The molecule has 1 atom stereocenters. The first-order chi connectivity index (χ1) is 18.0. The zero-order chi connectivity index (χ0) is 27.2. The van der Waals surface area contributed by atoms with Crippen LogP contribution in [-0.4, -0.2) is 65.4 Å². The molecule has 38 heavy (non-hydrogen) atoms. The maximum atomic E-state index is 15.1. The lowest BCUT2D eigenvalue weighted by molar-refractivity contribution is -0.145. The van der Waals surface area contributed by atoms with Crippen LogP contribution in [0.2, 0.25) is 0 Å². The fourth-order valence-electron chi connectivity index (χ4n) is 4.99. The number of pyridine rings is 1. The average molecular weight is 518 g/mol. The van der Waals surface area contributed by atoms with E-state index in [0.717, 1.165) is 5.56 Å². The summed E-state index contributed by atoms with van der Waals surface area (Å²) in [6, 6.07) is 14.9. The number of esters is 1. The molecule has 3 heterocycles. The zero-order valence-electron chi connectivity index (χ0n) is 21.7. The first-order valence-electron chi connectivity index (χ1n) is 12.3. The fourth-order valence-corrected chi connectivity index (χ4v) is 4.99. The normalized spacial score (nSPS) is 18.3. The largest absolute Gasteiger partial charge is 0.475 e. The second-order valence-electron chi connectivity index (χ2n) is 10.3. The predicted octanol–water partition coefficient (Wildman–Crippen LogP) is 4.05. The van der Waals surface area contributed by atoms with Crippen molar-refractivity contribution >= 4 is 17.8 Å². The van der Waals surface area contributed by atoms with E-state index in [9.17, 15) is 14.4 Å². The van der Waals surface area contributed by atoms with Crippen LogP contribution in [0.25, 0.3) is 11.1 Å². The van der Waals surface area contributed by atoms with Crippen molar-refractivity contribution in [3.8, 4) is 16.9 Å². The summed E-state index contributed by atoms with van der Waals surface area (Å²) < 4.78 is 26.7. The average Bonchev–Trinajstić information content (AvgIpc) is 3.45. The van der Waals surface area contributed by atoms with Crippen LogP contribution >= 0.6 is 0 Å². The van der Waals surface area contributed by atoms with Crippen molar-refractivity contribution in [2.75, 3.05) is 27.2 Å². The van der Waals surface area contributed by atoms with Crippen molar-refractivity contribution < 1.29 is 28.2 Å². The fraction of sp³-hybridized carbons (Fsp3) is 0.310. The Morgan fingerprint density at radius 2 is 1.84 bits per heavy atom. The van der Waals surface area contributed by atoms with Crippen molar-refractivity contribution in [1.82, 2.24) is 14.8 Å². The molecule has 2 amide bonds. The second-order valence-corrected chi connectivity index (χ2v) is 10.3. The lowest BCUT2D eigenvalue weighted by Crippen LogP contribution is -2.49. The first kappa shape index (κ1) is 25.4. The van der Waals surface area contributed by atoms with Crippen molar-refractivity contribution in [2.24, 2.45) is 0 Å². The van der Waals surface area contributed by atoms with Crippen LogP contribution in [0.15, 0.2) is 60.8 Å². The summed E-state index contributed by atoms with van der Waals surface area (Å²) in [5, 5.41) is 0. The molecular formula is C29H28FN3O5. The van der Waals surface area contributed by atoms with Crippen molar-refractivity contribution in [1.29, 1.82) is 0 Å². The highest BCUT2D eigenvalue weighted by molar-refractivity contribution is 5.95. The van der Waals surface area contributed by atoms with Crippen LogP contribution in [0, 0.1) is 5.82 Å². The van der Waals surface area contributed by atoms with E-state index >= 15 is 4.39 Å². The molecule has 1 fully saturated rings. The van der Waals surface area contributed by atoms with Crippen LogP contribution in [-0.2, 0) is 15.1 Å². The molecule has 0 aliphatic carbocycles. The maximum absolute atomic E-state index is 15.1. The van der Waals surface area contributed by atoms with Crippen LogP contribution in [0.3, 0.4) is 0 Å². The molecule has 0 unspecified atom stereocenters. The molecule has 1 spiro atoms. The monoisotopic (exact) mass is 517 g/mol.